The molecule has 0 saturated carbocycles. The highest BCUT2D eigenvalue weighted by Gasteiger charge is 2.34. The summed E-state index contributed by atoms with van der Waals surface area (Å²) in [5.41, 5.74) is 1.39. The fourth-order valence-corrected chi connectivity index (χ4v) is 2.88. The number of rotatable bonds is 3. The highest BCUT2D eigenvalue weighted by atomic mass is 19.4. The minimum absolute atomic E-state index is 0.0547. The minimum atomic E-state index is -4.58. The lowest BCUT2D eigenvalue weighted by molar-refractivity contribution is -0.141. The topological polar surface area (TPSA) is 77.6 Å². The Bertz CT molecular complexity index is 1220. The molecule has 0 saturated heterocycles. The van der Waals surface area contributed by atoms with Crippen LogP contribution in [0.2, 0.25) is 0 Å². The van der Waals surface area contributed by atoms with Crippen LogP contribution in [0.3, 0.4) is 0 Å². The number of halogens is 3. The Kier molecular flexibility index (Phi) is 4.33. The first kappa shape index (κ1) is 18.7. The summed E-state index contributed by atoms with van der Waals surface area (Å²) in [7, 11) is 3.15. The van der Waals surface area contributed by atoms with Crippen molar-refractivity contribution in [2.24, 2.45) is 14.1 Å². The van der Waals surface area contributed by atoms with Gasteiger partial charge in [0.15, 0.2) is 5.69 Å². The largest absolute Gasteiger partial charge is 0.435 e. The summed E-state index contributed by atoms with van der Waals surface area (Å²) >= 11 is 0. The number of anilines is 1. The second-order valence-corrected chi connectivity index (χ2v) is 6.50. The van der Waals surface area contributed by atoms with E-state index in [-0.39, 0.29) is 11.4 Å². The average molecular weight is 400 g/mol. The first-order valence-corrected chi connectivity index (χ1v) is 8.53. The number of aryl methyl sites for hydroxylation is 2. The van der Waals surface area contributed by atoms with Crippen molar-refractivity contribution in [1.29, 1.82) is 0 Å². The molecule has 0 aliphatic heterocycles. The number of fused-ring (bicyclic) bond motifs is 1. The van der Waals surface area contributed by atoms with Crippen LogP contribution in [0.1, 0.15) is 16.1 Å². The number of nitrogens with zero attached hydrogens (tertiary/aromatic N) is 5. The Hall–Kier alpha value is -3.69. The van der Waals surface area contributed by atoms with E-state index in [1.165, 1.54) is 7.05 Å². The van der Waals surface area contributed by atoms with Gasteiger partial charge in [0.1, 0.15) is 5.82 Å². The molecule has 3 aromatic heterocycles. The van der Waals surface area contributed by atoms with Gasteiger partial charge in [0, 0.05) is 49.1 Å². The second kappa shape index (κ2) is 6.73. The number of carbonyl (C=O) groups is 1. The third kappa shape index (κ3) is 3.68. The molecular weight excluding hydrogens is 385 g/mol. The SMILES string of the molecule is Cn1ccc(-c2cnc3cc(C(=O)Nc4cc(C(F)(F)F)nn4C)ccc3c2)n1. The molecule has 1 aromatic carbocycles. The second-order valence-electron chi connectivity index (χ2n) is 6.50. The van der Waals surface area contributed by atoms with Crippen molar-refractivity contribution in [3.8, 4) is 11.3 Å². The lowest BCUT2D eigenvalue weighted by Gasteiger charge is -2.07. The van der Waals surface area contributed by atoms with Crippen LogP contribution in [0, 0.1) is 0 Å². The lowest BCUT2D eigenvalue weighted by Crippen LogP contribution is -2.14. The molecule has 4 rings (SSSR count). The Morgan fingerprint density at radius 2 is 1.86 bits per heavy atom. The highest BCUT2D eigenvalue weighted by Crippen LogP contribution is 2.30. The van der Waals surface area contributed by atoms with E-state index in [2.05, 4.69) is 20.5 Å². The average Bonchev–Trinajstić information content (AvgIpc) is 3.26. The van der Waals surface area contributed by atoms with Crippen molar-refractivity contribution in [1.82, 2.24) is 24.5 Å². The van der Waals surface area contributed by atoms with Gasteiger partial charge in [-0.25, -0.2) is 0 Å². The van der Waals surface area contributed by atoms with Crippen molar-refractivity contribution in [3.05, 3.63) is 60.0 Å². The molecule has 148 valence electrons. The fraction of sp³-hybridized carbons (Fsp3) is 0.158. The summed E-state index contributed by atoms with van der Waals surface area (Å²) in [6.07, 6.45) is -1.10. The zero-order chi connectivity index (χ0) is 20.8. The zero-order valence-corrected chi connectivity index (χ0v) is 15.4. The maximum Gasteiger partial charge on any atom is 0.435 e. The maximum atomic E-state index is 12.8. The Labute approximate surface area is 162 Å². The van der Waals surface area contributed by atoms with Gasteiger partial charge in [-0.1, -0.05) is 6.07 Å². The molecule has 0 spiro atoms. The van der Waals surface area contributed by atoms with Crippen LogP contribution in [-0.2, 0) is 20.3 Å². The molecule has 4 aromatic rings. The Morgan fingerprint density at radius 3 is 2.52 bits per heavy atom. The summed E-state index contributed by atoms with van der Waals surface area (Å²) < 4.78 is 41.0. The molecule has 0 atom stereocenters. The number of amides is 1. The van der Waals surface area contributed by atoms with Crippen molar-refractivity contribution >= 4 is 22.6 Å². The van der Waals surface area contributed by atoms with Crippen LogP contribution < -0.4 is 5.32 Å². The van der Waals surface area contributed by atoms with Gasteiger partial charge in [0.05, 0.1) is 11.2 Å². The van der Waals surface area contributed by atoms with Crippen molar-refractivity contribution in [3.63, 3.8) is 0 Å². The van der Waals surface area contributed by atoms with E-state index in [9.17, 15) is 18.0 Å². The fourth-order valence-electron chi connectivity index (χ4n) is 2.88. The number of nitrogens with one attached hydrogen (secondary N) is 1. The summed E-state index contributed by atoms with van der Waals surface area (Å²) in [4.78, 5) is 16.9. The molecule has 0 aliphatic carbocycles. The van der Waals surface area contributed by atoms with Crippen LogP contribution >= 0.6 is 0 Å². The first-order chi connectivity index (χ1) is 13.7. The summed E-state index contributed by atoms with van der Waals surface area (Å²) in [6.45, 7) is 0. The third-order valence-corrected chi connectivity index (χ3v) is 4.37. The van der Waals surface area contributed by atoms with Crippen LogP contribution in [0.15, 0.2) is 48.8 Å². The van der Waals surface area contributed by atoms with Crippen LogP contribution in [0.5, 0.6) is 0 Å². The molecule has 1 amide bonds. The minimum Gasteiger partial charge on any atom is -0.307 e. The molecule has 3 heterocycles. The predicted octanol–water partition coefficient (Wildman–Crippen LogP) is 3.64. The van der Waals surface area contributed by atoms with Gasteiger partial charge < -0.3 is 5.32 Å². The number of aromatic nitrogens is 5. The molecule has 0 radical (unpaired) electrons. The standard InChI is InChI=1S/C19H15F3N6O/c1-27-6-5-14(25-27)13-7-11-3-4-12(8-15(11)23-10-13)18(29)24-17-9-16(19(20,21)22)26-28(17)2/h3-10H,1-2H3,(H,24,29). The van der Waals surface area contributed by atoms with Gasteiger partial charge in [0.2, 0.25) is 0 Å². The number of hydrogen-bond acceptors (Lipinski definition) is 4. The van der Waals surface area contributed by atoms with Gasteiger partial charge >= 0.3 is 6.18 Å². The van der Waals surface area contributed by atoms with Gasteiger partial charge in [-0.05, 0) is 24.3 Å². The van der Waals surface area contributed by atoms with Crippen LogP contribution in [0.25, 0.3) is 22.2 Å². The van der Waals surface area contributed by atoms with E-state index in [0.717, 1.165) is 27.4 Å². The molecule has 10 heteroatoms. The van der Waals surface area contributed by atoms with Crippen LogP contribution in [-0.4, -0.2) is 30.5 Å². The third-order valence-electron chi connectivity index (χ3n) is 4.37. The van der Waals surface area contributed by atoms with Crippen molar-refractivity contribution < 1.29 is 18.0 Å². The summed E-state index contributed by atoms with van der Waals surface area (Å²) in [5.74, 6) is -0.611. The van der Waals surface area contributed by atoms with E-state index in [0.29, 0.717) is 5.52 Å². The molecule has 0 unspecified atom stereocenters. The number of alkyl halides is 3. The van der Waals surface area contributed by atoms with Crippen molar-refractivity contribution in [2.45, 2.75) is 6.18 Å². The quantitative estimate of drug-likeness (QED) is 0.570. The molecule has 0 fully saturated rings. The number of benzene rings is 1. The maximum absolute atomic E-state index is 12.8. The molecule has 29 heavy (non-hydrogen) atoms. The van der Waals surface area contributed by atoms with Gasteiger partial charge in [-0.15, -0.1) is 0 Å². The van der Waals surface area contributed by atoms with Crippen LogP contribution in [0.4, 0.5) is 19.0 Å². The molecule has 0 bridgehead atoms. The highest BCUT2D eigenvalue weighted by molar-refractivity contribution is 6.05. The first-order valence-electron chi connectivity index (χ1n) is 8.53. The number of carbonyl (C=O) groups excluding carboxylic acids is 1. The summed E-state index contributed by atoms with van der Waals surface area (Å²) in [5, 5.41) is 11.0. The van der Waals surface area contributed by atoms with Gasteiger partial charge in [0.25, 0.3) is 5.91 Å². The number of hydrogen-bond donors (Lipinski definition) is 1. The van der Waals surface area contributed by atoms with E-state index >= 15 is 0 Å². The molecule has 1 N–H and O–H groups in total. The monoisotopic (exact) mass is 400 g/mol. The summed E-state index contributed by atoms with van der Waals surface area (Å²) in [6, 6.07) is 9.46. The van der Waals surface area contributed by atoms with Gasteiger partial charge in [-0.3, -0.25) is 19.1 Å². The predicted molar refractivity (Wildman–Crippen MR) is 100 cm³/mol. The molecule has 0 aliphatic rings. The Morgan fingerprint density at radius 1 is 1.07 bits per heavy atom. The Balaban J connectivity index is 1.59. The van der Waals surface area contributed by atoms with E-state index < -0.39 is 17.8 Å². The van der Waals surface area contributed by atoms with Gasteiger partial charge in [-0.2, -0.15) is 23.4 Å². The zero-order valence-electron chi connectivity index (χ0n) is 15.4. The lowest BCUT2D eigenvalue weighted by atomic mass is 10.1. The van der Waals surface area contributed by atoms with Crippen molar-refractivity contribution in [2.75, 3.05) is 5.32 Å². The van der Waals surface area contributed by atoms with E-state index in [1.807, 2.05) is 25.4 Å². The molecular formula is C19H15F3N6O. The van der Waals surface area contributed by atoms with E-state index in [4.69, 9.17) is 0 Å². The number of pyridine rings is 1. The molecule has 7 nitrogen and oxygen atoms in total. The van der Waals surface area contributed by atoms with E-state index in [1.54, 1.807) is 29.1 Å². The smallest absolute Gasteiger partial charge is 0.307 e. The normalized spacial score (nSPS) is 11.8.